The minimum Gasteiger partial charge on any atom is -0.512 e. The molecular weight excluding hydrogens is 521 g/mol. The highest BCUT2D eigenvalue weighted by atomic mass is 32.2. The summed E-state index contributed by atoms with van der Waals surface area (Å²) in [4.78, 5) is 17.3. The van der Waals surface area contributed by atoms with Gasteiger partial charge >= 0.3 is 5.97 Å². The maximum atomic E-state index is 13.4. The molecule has 0 fully saturated rings. The Balaban J connectivity index is 1.58. The molecule has 2 unspecified atom stereocenters. The number of nitrogens with one attached hydrogen (secondary N) is 1. The first-order valence-corrected chi connectivity index (χ1v) is 14.5. The molecule has 0 spiro atoms. The number of aliphatic hydroxyl groups excluding tert-OH is 1. The molecule has 3 aromatic rings. The van der Waals surface area contributed by atoms with E-state index in [4.69, 9.17) is 4.74 Å². The number of sulfonamides is 1. The summed E-state index contributed by atoms with van der Waals surface area (Å²) in [6, 6.07) is 13.0. The molecular formula is C29H34FN3O5S. The number of ether oxygens (including phenoxy) is 1. The highest BCUT2D eigenvalue weighted by molar-refractivity contribution is 7.92. The van der Waals surface area contributed by atoms with Crippen LogP contribution in [0.5, 0.6) is 0 Å². The third-order valence-corrected chi connectivity index (χ3v) is 8.34. The van der Waals surface area contributed by atoms with E-state index in [-0.39, 0.29) is 28.6 Å². The van der Waals surface area contributed by atoms with E-state index in [0.29, 0.717) is 36.9 Å². The number of halogens is 1. The molecule has 2 aromatic carbocycles. The van der Waals surface area contributed by atoms with Crippen LogP contribution in [0.4, 0.5) is 10.1 Å². The minimum absolute atomic E-state index is 0.00914. The highest BCUT2D eigenvalue weighted by Crippen LogP contribution is 2.42. The number of aliphatic hydroxyl groups is 1. The summed E-state index contributed by atoms with van der Waals surface area (Å²) in [5.74, 6) is -1.38. The fourth-order valence-corrected chi connectivity index (χ4v) is 6.23. The topological polar surface area (TPSA) is 111 Å². The van der Waals surface area contributed by atoms with Gasteiger partial charge in [-0.2, -0.15) is 8.42 Å². The molecule has 0 saturated carbocycles. The zero-order valence-corrected chi connectivity index (χ0v) is 23.2. The molecule has 0 saturated heterocycles. The Kier molecular flexibility index (Phi) is 8.44. The van der Waals surface area contributed by atoms with Crippen LogP contribution in [0.2, 0.25) is 0 Å². The van der Waals surface area contributed by atoms with E-state index in [1.807, 2.05) is 13.8 Å². The van der Waals surface area contributed by atoms with Gasteiger partial charge in [0.2, 0.25) is 0 Å². The van der Waals surface area contributed by atoms with Crippen LogP contribution in [-0.4, -0.2) is 34.6 Å². The number of hydrogen-bond donors (Lipinski definition) is 2. The second-order valence-electron chi connectivity index (χ2n) is 10.1. The van der Waals surface area contributed by atoms with Gasteiger partial charge in [0.25, 0.3) is 10.0 Å². The number of carbonyl (C=O) groups excluding carboxylic acids is 1. The van der Waals surface area contributed by atoms with Crippen molar-refractivity contribution in [2.75, 3.05) is 4.72 Å². The maximum absolute atomic E-state index is 13.4. The number of hydrogen-bond acceptors (Lipinski definition) is 6. The first-order chi connectivity index (χ1) is 18.6. The lowest BCUT2D eigenvalue weighted by molar-refractivity contribution is -0.161. The molecule has 0 bridgehead atoms. The van der Waals surface area contributed by atoms with Crippen molar-refractivity contribution in [1.82, 2.24) is 9.55 Å². The Hall–Kier alpha value is -3.66. The van der Waals surface area contributed by atoms with Gasteiger partial charge in [0.1, 0.15) is 17.2 Å². The van der Waals surface area contributed by atoms with Crippen molar-refractivity contribution in [3.63, 3.8) is 0 Å². The molecule has 8 nitrogen and oxygen atoms in total. The van der Waals surface area contributed by atoms with E-state index in [0.717, 1.165) is 12.0 Å². The molecule has 1 aliphatic heterocycles. The lowest BCUT2D eigenvalue weighted by Crippen LogP contribution is -2.41. The van der Waals surface area contributed by atoms with Crippen molar-refractivity contribution in [3.8, 4) is 0 Å². The van der Waals surface area contributed by atoms with Crippen LogP contribution in [-0.2, 0) is 33.0 Å². The molecule has 2 atom stereocenters. The predicted molar refractivity (Wildman–Crippen MR) is 146 cm³/mol. The fourth-order valence-electron chi connectivity index (χ4n) is 5.19. The summed E-state index contributed by atoms with van der Waals surface area (Å²) in [5, 5.41) is 11.1. The number of aromatic nitrogens is 2. The van der Waals surface area contributed by atoms with E-state index in [9.17, 15) is 22.7 Å². The lowest BCUT2D eigenvalue weighted by Gasteiger charge is -2.38. The summed E-state index contributed by atoms with van der Waals surface area (Å²) in [6.45, 7) is 3.89. The molecule has 208 valence electrons. The monoisotopic (exact) mass is 555 g/mol. The standard InChI is InChI=1S/C29H34FN3O5S/c1-4-14-29(15-13-20-9-11-22(30)12-10-20)17-25(34)27(28(35)38-29)24(5-2)21-7-6-8-23(16-21)32-39(36,37)26-18-33(3)19-31-26/h6-12,16,18-19,24,32,34H,4-5,13-15,17H2,1-3H3. The zero-order valence-electron chi connectivity index (χ0n) is 22.4. The van der Waals surface area contributed by atoms with Gasteiger partial charge in [0, 0.05) is 31.3 Å². The van der Waals surface area contributed by atoms with Gasteiger partial charge in [-0.3, -0.25) is 4.72 Å². The van der Waals surface area contributed by atoms with Gasteiger partial charge in [0.15, 0.2) is 5.03 Å². The van der Waals surface area contributed by atoms with Gasteiger partial charge < -0.3 is 14.4 Å². The van der Waals surface area contributed by atoms with E-state index in [1.54, 1.807) is 48.0 Å². The smallest absolute Gasteiger partial charge is 0.338 e. The molecule has 4 rings (SSSR count). The van der Waals surface area contributed by atoms with Gasteiger partial charge in [-0.25, -0.2) is 14.2 Å². The number of nitrogens with zero attached hydrogens (tertiary/aromatic N) is 2. The van der Waals surface area contributed by atoms with Gasteiger partial charge in [-0.05, 0) is 61.1 Å². The molecule has 39 heavy (non-hydrogen) atoms. The third kappa shape index (κ3) is 6.50. The summed E-state index contributed by atoms with van der Waals surface area (Å²) in [5.41, 5.74) is 1.25. The van der Waals surface area contributed by atoms with Crippen LogP contribution in [0.3, 0.4) is 0 Å². The predicted octanol–water partition coefficient (Wildman–Crippen LogP) is 5.78. The van der Waals surface area contributed by atoms with E-state index in [2.05, 4.69) is 9.71 Å². The number of imidazole rings is 1. The maximum Gasteiger partial charge on any atom is 0.338 e. The van der Waals surface area contributed by atoms with Crippen LogP contribution in [0.25, 0.3) is 0 Å². The van der Waals surface area contributed by atoms with Gasteiger partial charge in [0.05, 0.1) is 11.9 Å². The van der Waals surface area contributed by atoms with E-state index in [1.165, 1.54) is 24.7 Å². The van der Waals surface area contributed by atoms with Crippen LogP contribution in [0.1, 0.15) is 63.0 Å². The second kappa shape index (κ2) is 11.6. The van der Waals surface area contributed by atoms with Crippen molar-refractivity contribution in [1.29, 1.82) is 0 Å². The summed E-state index contributed by atoms with van der Waals surface area (Å²) >= 11 is 0. The molecule has 1 aliphatic rings. The van der Waals surface area contributed by atoms with Crippen molar-refractivity contribution < 1.29 is 27.4 Å². The number of benzene rings is 2. The highest BCUT2D eigenvalue weighted by Gasteiger charge is 2.43. The molecule has 1 aromatic heterocycles. The molecule has 2 heterocycles. The van der Waals surface area contributed by atoms with E-state index < -0.39 is 27.5 Å². The number of esters is 1. The Morgan fingerprint density at radius 2 is 1.92 bits per heavy atom. The number of cyclic esters (lactones) is 1. The van der Waals surface area contributed by atoms with Crippen LogP contribution >= 0.6 is 0 Å². The van der Waals surface area contributed by atoms with Crippen LogP contribution < -0.4 is 4.72 Å². The number of rotatable bonds is 11. The normalized spacial score (nSPS) is 18.6. The molecule has 0 radical (unpaired) electrons. The minimum atomic E-state index is -3.90. The number of aryl methyl sites for hydroxylation is 2. The lowest BCUT2D eigenvalue weighted by atomic mass is 9.80. The largest absolute Gasteiger partial charge is 0.512 e. The Morgan fingerprint density at radius 3 is 2.54 bits per heavy atom. The summed E-state index contributed by atoms with van der Waals surface area (Å²) in [6.07, 6.45) is 5.89. The Bertz CT molecular complexity index is 1470. The Morgan fingerprint density at radius 1 is 1.18 bits per heavy atom. The zero-order chi connectivity index (χ0) is 28.2. The van der Waals surface area contributed by atoms with Crippen molar-refractivity contribution in [2.24, 2.45) is 7.05 Å². The third-order valence-electron chi connectivity index (χ3n) is 7.07. The first-order valence-electron chi connectivity index (χ1n) is 13.1. The SMILES string of the molecule is CCCC1(CCc2ccc(F)cc2)CC(O)=C(C(CC)c2cccc(NS(=O)(=O)c3cn(C)cn3)c2)C(=O)O1. The van der Waals surface area contributed by atoms with Gasteiger partial charge in [-0.1, -0.05) is 44.5 Å². The molecule has 2 N–H and O–H groups in total. The summed E-state index contributed by atoms with van der Waals surface area (Å²) in [7, 11) is -2.22. The molecule has 0 amide bonds. The van der Waals surface area contributed by atoms with Crippen molar-refractivity contribution >= 4 is 21.7 Å². The Labute approximate surface area is 228 Å². The second-order valence-corrected chi connectivity index (χ2v) is 11.7. The quantitative estimate of drug-likeness (QED) is 0.290. The van der Waals surface area contributed by atoms with Crippen molar-refractivity contribution in [2.45, 2.75) is 68.9 Å². The molecule has 10 heteroatoms. The average Bonchev–Trinajstić information content (AvgIpc) is 3.33. The molecule has 0 aliphatic carbocycles. The number of anilines is 1. The van der Waals surface area contributed by atoms with Gasteiger partial charge in [-0.15, -0.1) is 0 Å². The van der Waals surface area contributed by atoms with Crippen LogP contribution in [0.15, 0.2) is 77.4 Å². The first kappa shape index (κ1) is 28.4. The van der Waals surface area contributed by atoms with Crippen LogP contribution in [0, 0.1) is 5.82 Å². The van der Waals surface area contributed by atoms with Crippen molar-refractivity contribution in [3.05, 3.63) is 89.3 Å². The fraction of sp³-hybridized carbons (Fsp3) is 0.379. The average molecular weight is 556 g/mol. The van der Waals surface area contributed by atoms with E-state index >= 15 is 0 Å². The summed E-state index contributed by atoms with van der Waals surface area (Å²) < 4.78 is 49.0. The number of carbonyl (C=O) groups is 1.